The van der Waals surface area contributed by atoms with Crippen molar-refractivity contribution in [1.82, 2.24) is 5.32 Å². The molecule has 2 aliphatic carbocycles. The van der Waals surface area contributed by atoms with E-state index in [9.17, 15) is 9.59 Å². The molecule has 2 amide bonds. The number of rotatable bonds is 7. The second-order valence-electron chi connectivity index (χ2n) is 7.67. The van der Waals surface area contributed by atoms with Crippen molar-refractivity contribution in [2.75, 3.05) is 18.5 Å². The largest absolute Gasteiger partial charge is 0.484 e. The van der Waals surface area contributed by atoms with Gasteiger partial charge >= 0.3 is 0 Å². The molecule has 1 saturated carbocycles. The van der Waals surface area contributed by atoms with Gasteiger partial charge in [-0.25, -0.2) is 0 Å². The summed E-state index contributed by atoms with van der Waals surface area (Å²) in [6.45, 7) is 0.602. The highest BCUT2D eigenvalue weighted by atomic mass is 16.5. The zero-order valence-corrected chi connectivity index (χ0v) is 15.9. The van der Waals surface area contributed by atoms with Gasteiger partial charge < -0.3 is 15.4 Å². The van der Waals surface area contributed by atoms with Gasteiger partial charge in [-0.3, -0.25) is 9.59 Å². The normalized spacial score (nSPS) is 18.1. The van der Waals surface area contributed by atoms with Crippen molar-refractivity contribution >= 4 is 17.5 Å². The summed E-state index contributed by atoms with van der Waals surface area (Å²) in [7, 11) is 0. The van der Waals surface area contributed by atoms with Crippen LogP contribution in [0.4, 0.5) is 5.69 Å². The van der Waals surface area contributed by atoms with E-state index in [2.05, 4.69) is 34.9 Å². The van der Waals surface area contributed by atoms with Crippen LogP contribution in [-0.2, 0) is 16.0 Å². The first-order valence-electron chi connectivity index (χ1n) is 10.1. The zero-order chi connectivity index (χ0) is 19.3. The van der Waals surface area contributed by atoms with E-state index in [1.54, 1.807) is 12.1 Å². The van der Waals surface area contributed by atoms with E-state index in [1.807, 2.05) is 12.1 Å². The summed E-state index contributed by atoms with van der Waals surface area (Å²) in [6, 6.07) is 15.7. The molecule has 2 N–H and O–H groups in total. The first-order chi connectivity index (χ1) is 13.7. The smallest absolute Gasteiger partial charge is 0.257 e. The lowest BCUT2D eigenvalue weighted by molar-refractivity contribution is -0.123. The van der Waals surface area contributed by atoms with Gasteiger partial charge in [-0.1, -0.05) is 30.3 Å². The molecule has 0 spiro atoms. The topological polar surface area (TPSA) is 67.4 Å². The van der Waals surface area contributed by atoms with Crippen molar-refractivity contribution in [2.24, 2.45) is 5.92 Å². The van der Waals surface area contributed by atoms with Crippen molar-refractivity contribution < 1.29 is 14.3 Å². The SMILES string of the molecule is O=C(COc1cccc(NC(=O)C2CC2)c1)NCC1CCCc2ccccc21. The minimum absolute atomic E-state index is 0.0333. The molecule has 146 valence electrons. The van der Waals surface area contributed by atoms with Crippen LogP contribution in [0.5, 0.6) is 5.75 Å². The van der Waals surface area contributed by atoms with Crippen molar-refractivity contribution in [2.45, 2.75) is 38.0 Å². The van der Waals surface area contributed by atoms with E-state index in [-0.39, 0.29) is 24.3 Å². The molecule has 4 rings (SSSR count). The molecule has 5 heteroatoms. The summed E-state index contributed by atoms with van der Waals surface area (Å²) in [5.74, 6) is 1.03. The fraction of sp³-hybridized carbons (Fsp3) is 0.391. The third kappa shape index (κ3) is 4.71. The minimum atomic E-state index is -0.129. The molecule has 2 aliphatic rings. The Morgan fingerprint density at radius 3 is 2.75 bits per heavy atom. The Bertz CT molecular complexity index is 860. The molecule has 2 aromatic carbocycles. The monoisotopic (exact) mass is 378 g/mol. The van der Waals surface area contributed by atoms with Crippen LogP contribution in [-0.4, -0.2) is 25.0 Å². The number of carbonyl (C=O) groups excluding carboxylic acids is 2. The maximum Gasteiger partial charge on any atom is 0.257 e. The van der Waals surface area contributed by atoms with Crippen LogP contribution in [0.3, 0.4) is 0 Å². The van der Waals surface area contributed by atoms with Crippen molar-refractivity contribution in [3.63, 3.8) is 0 Å². The van der Waals surface area contributed by atoms with E-state index < -0.39 is 0 Å². The number of benzene rings is 2. The van der Waals surface area contributed by atoms with Crippen LogP contribution in [0.15, 0.2) is 48.5 Å². The maximum atomic E-state index is 12.2. The molecule has 0 radical (unpaired) electrons. The molecule has 5 nitrogen and oxygen atoms in total. The van der Waals surface area contributed by atoms with E-state index in [1.165, 1.54) is 11.1 Å². The molecule has 0 aromatic heterocycles. The van der Waals surface area contributed by atoms with Gasteiger partial charge in [0.1, 0.15) is 5.75 Å². The molecule has 1 unspecified atom stereocenters. The van der Waals surface area contributed by atoms with Crippen LogP contribution in [0.1, 0.15) is 42.7 Å². The third-order valence-electron chi connectivity index (χ3n) is 5.46. The molecule has 1 atom stereocenters. The highest BCUT2D eigenvalue weighted by Gasteiger charge is 2.29. The average molecular weight is 378 g/mol. The van der Waals surface area contributed by atoms with E-state index in [0.29, 0.717) is 23.9 Å². The van der Waals surface area contributed by atoms with Crippen LogP contribution < -0.4 is 15.4 Å². The van der Waals surface area contributed by atoms with Crippen LogP contribution in [0.2, 0.25) is 0 Å². The van der Waals surface area contributed by atoms with Gasteiger partial charge in [-0.15, -0.1) is 0 Å². The molecule has 0 heterocycles. The van der Waals surface area contributed by atoms with Crippen LogP contribution in [0.25, 0.3) is 0 Å². The Morgan fingerprint density at radius 1 is 1.04 bits per heavy atom. The van der Waals surface area contributed by atoms with Gasteiger partial charge in [0.2, 0.25) is 5.91 Å². The minimum Gasteiger partial charge on any atom is -0.484 e. The summed E-state index contributed by atoms with van der Waals surface area (Å²) >= 11 is 0. The number of hydrogen-bond acceptors (Lipinski definition) is 3. The van der Waals surface area contributed by atoms with Crippen LogP contribution in [0, 0.1) is 5.92 Å². The quantitative estimate of drug-likeness (QED) is 0.773. The highest BCUT2D eigenvalue weighted by molar-refractivity contribution is 5.94. The average Bonchev–Trinajstić information content (AvgIpc) is 3.56. The Labute approximate surface area is 165 Å². The lowest BCUT2D eigenvalue weighted by Crippen LogP contribution is -2.33. The number of amides is 2. The van der Waals surface area contributed by atoms with E-state index in [0.717, 1.165) is 32.1 Å². The summed E-state index contributed by atoms with van der Waals surface area (Å²) in [6.07, 6.45) is 5.31. The molecule has 1 fully saturated rings. The van der Waals surface area contributed by atoms with Crippen molar-refractivity contribution in [1.29, 1.82) is 0 Å². The predicted molar refractivity (Wildman–Crippen MR) is 108 cm³/mol. The molecular weight excluding hydrogens is 352 g/mol. The third-order valence-corrected chi connectivity index (χ3v) is 5.46. The van der Waals surface area contributed by atoms with Gasteiger partial charge in [0, 0.05) is 30.1 Å². The molecule has 0 saturated heterocycles. The summed E-state index contributed by atoms with van der Waals surface area (Å²) in [5.41, 5.74) is 3.46. The number of aryl methyl sites for hydroxylation is 1. The molecular formula is C23H26N2O3. The molecule has 28 heavy (non-hydrogen) atoms. The Balaban J connectivity index is 1.25. The number of anilines is 1. The van der Waals surface area contributed by atoms with Gasteiger partial charge in [0.15, 0.2) is 6.61 Å². The summed E-state index contributed by atoms with van der Waals surface area (Å²) in [5, 5.41) is 5.89. The predicted octanol–water partition coefficient (Wildman–Crippen LogP) is 3.65. The second-order valence-corrected chi connectivity index (χ2v) is 7.67. The van der Waals surface area contributed by atoms with E-state index >= 15 is 0 Å². The van der Waals surface area contributed by atoms with Gasteiger partial charge in [0.05, 0.1) is 0 Å². The highest BCUT2D eigenvalue weighted by Crippen LogP contribution is 2.31. The number of nitrogens with one attached hydrogen (secondary N) is 2. The fourth-order valence-electron chi connectivity index (χ4n) is 3.76. The molecule has 2 aromatic rings. The lowest BCUT2D eigenvalue weighted by Gasteiger charge is -2.25. The first-order valence-corrected chi connectivity index (χ1v) is 10.1. The summed E-state index contributed by atoms with van der Waals surface area (Å²) < 4.78 is 5.61. The number of fused-ring (bicyclic) bond motifs is 1. The van der Waals surface area contributed by atoms with Gasteiger partial charge in [-0.05, 0) is 55.4 Å². The van der Waals surface area contributed by atoms with Crippen LogP contribution >= 0.6 is 0 Å². The molecule has 0 aliphatic heterocycles. The van der Waals surface area contributed by atoms with E-state index in [4.69, 9.17) is 4.74 Å². The lowest BCUT2D eigenvalue weighted by atomic mass is 9.83. The van der Waals surface area contributed by atoms with Gasteiger partial charge in [-0.2, -0.15) is 0 Å². The van der Waals surface area contributed by atoms with Gasteiger partial charge in [0.25, 0.3) is 5.91 Å². The van der Waals surface area contributed by atoms with Crippen molar-refractivity contribution in [3.8, 4) is 5.75 Å². The number of carbonyl (C=O) groups is 2. The standard InChI is InChI=1S/C23H26N2O3/c26-22(24-14-18-7-3-6-16-5-1-2-10-21(16)18)15-28-20-9-4-8-19(13-20)25-23(27)17-11-12-17/h1-2,4-5,8-10,13,17-18H,3,6-7,11-12,14-15H2,(H,24,26)(H,25,27). The first kappa shape index (κ1) is 18.5. The summed E-state index contributed by atoms with van der Waals surface area (Å²) in [4.78, 5) is 24.1. The Morgan fingerprint density at radius 2 is 1.89 bits per heavy atom. The van der Waals surface area contributed by atoms with Crippen molar-refractivity contribution in [3.05, 3.63) is 59.7 Å². The number of hydrogen-bond donors (Lipinski definition) is 2. The Hall–Kier alpha value is -2.82. The fourth-order valence-corrected chi connectivity index (χ4v) is 3.76. The second kappa shape index (κ2) is 8.46. The maximum absolute atomic E-state index is 12.2. The zero-order valence-electron chi connectivity index (χ0n) is 15.9. The Kier molecular flexibility index (Phi) is 5.60. The molecule has 0 bridgehead atoms. The number of ether oxygens (including phenoxy) is 1.